The number of benzene rings is 1. The summed E-state index contributed by atoms with van der Waals surface area (Å²) in [6.45, 7) is 3.44. The van der Waals surface area contributed by atoms with E-state index in [0.717, 1.165) is 0 Å². The lowest BCUT2D eigenvalue weighted by molar-refractivity contribution is 1.03. The van der Waals surface area contributed by atoms with Gasteiger partial charge in [-0.3, -0.25) is 9.99 Å². The molecular weight excluding hydrogens is 286 g/mol. The van der Waals surface area contributed by atoms with Crippen LogP contribution in [0.15, 0.2) is 35.7 Å². The van der Waals surface area contributed by atoms with Gasteiger partial charge in [0.1, 0.15) is 0 Å². The third-order valence-electron chi connectivity index (χ3n) is 2.82. The molecule has 1 aromatic heterocycles. The smallest absolute Gasteiger partial charge is 0.0835 e. The Balaban J connectivity index is 2.39. The molecule has 21 heavy (non-hydrogen) atoms. The van der Waals surface area contributed by atoms with Gasteiger partial charge in [0, 0.05) is 37.3 Å². The van der Waals surface area contributed by atoms with Crippen LogP contribution in [0.5, 0.6) is 0 Å². The highest BCUT2D eigenvalue weighted by Crippen LogP contribution is 2.32. The summed E-state index contributed by atoms with van der Waals surface area (Å²) in [7, 11) is 1.73. The molecule has 0 aliphatic rings. The Hall–Kier alpha value is -2.71. The second-order valence-corrected chi connectivity index (χ2v) is 4.66. The predicted octanol–water partition coefficient (Wildman–Crippen LogP) is 2.35. The van der Waals surface area contributed by atoms with Crippen molar-refractivity contribution in [3.63, 3.8) is 0 Å². The second kappa shape index (κ2) is 6.16. The molecule has 6 heteroatoms. The molecule has 0 aliphatic carbocycles. The molecule has 2 aromatic rings. The number of halogens is 1. The highest BCUT2D eigenvalue weighted by molar-refractivity contribution is 6.35. The Kier molecular flexibility index (Phi) is 4.31. The zero-order chi connectivity index (χ0) is 15.4. The first-order chi connectivity index (χ1) is 10.0. The molecule has 4 N–H and O–H groups in total. The summed E-state index contributed by atoms with van der Waals surface area (Å²) in [6, 6.07) is 5.31. The van der Waals surface area contributed by atoms with Crippen molar-refractivity contribution in [2.45, 2.75) is 0 Å². The van der Waals surface area contributed by atoms with E-state index in [1.165, 1.54) is 0 Å². The molecule has 0 bridgehead atoms. The van der Waals surface area contributed by atoms with Crippen molar-refractivity contribution in [3.8, 4) is 11.8 Å². The number of rotatable bonds is 2. The van der Waals surface area contributed by atoms with Gasteiger partial charge in [0.15, 0.2) is 0 Å². The fourth-order valence-corrected chi connectivity index (χ4v) is 1.91. The van der Waals surface area contributed by atoms with Crippen LogP contribution in [0.1, 0.15) is 11.1 Å². The van der Waals surface area contributed by atoms with Crippen LogP contribution in [0, 0.1) is 11.8 Å². The molecule has 1 aromatic carbocycles. The summed E-state index contributed by atoms with van der Waals surface area (Å²) >= 11 is 6.24. The zero-order valence-corrected chi connectivity index (χ0v) is 12.2. The van der Waals surface area contributed by atoms with Gasteiger partial charge in [-0.15, -0.1) is 0 Å². The van der Waals surface area contributed by atoms with Crippen molar-refractivity contribution in [1.29, 1.82) is 0 Å². The number of nitrogens with zero attached hydrogens (tertiary/aromatic N) is 3. The van der Waals surface area contributed by atoms with Gasteiger partial charge >= 0.3 is 0 Å². The lowest BCUT2D eigenvalue weighted by atomic mass is 10.1. The SMILES string of the molecule is C=NN(C)c1ccc(C#Cc2cncc(N)c2)c(Cl)c1N. The average Bonchev–Trinajstić information content (AvgIpc) is 2.48. The van der Waals surface area contributed by atoms with Gasteiger partial charge in [-0.2, -0.15) is 5.10 Å². The fourth-order valence-electron chi connectivity index (χ4n) is 1.70. The topological polar surface area (TPSA) is 80.5 Å². The van der Waals surface area contributed by atoms with Crippen LogP contribution < -0.4 is 16.5 Å². The average molecular weight is 300 g/mol. The van der Waals surface area contributed by atoms with Gasteiger partial charge in [-0.25, -0.2) is 0 Å². The minimum atomic E-state index is 0.382. The van der Waals surface area contributed by atoms with Gasteiger partial charge in [0.05, 0.1) is 22.1 Å². The van der Waals surface area contributed by atoms with Crippen molar-refractivity contribution in [1.82, 2.24) is 4.98 Å². The molecule has 0 saturated carbocycles. The Morgan fingerprint density at radius 1 is 1.29 bits per heavy atom. The summed E-state index contributed by atoms with van der Waals surface area (Å²) in [5.41, 5.74) is 14.6. The highest BCUT2D eigenvalue weighted by atomic mass is 35.5. The van der Waals surface area contributed by atoms with Gasteiger partial charge in [0.2, 0.25) is 0 Å². The van der Waals surface area contributed by atoms with E-state index in [9.17, 15) is 0 Å². The van der Waals surface area contributed by atoms with Crippen LogP contribution in [0.3, 0.4) is 0 Å². The van der Waals surface area contributed by atoms with E-state index in [-0.39, 0.29) is 0 Å². The Labute approximate surface area is 128 Å². The molecule has 1 heterocycles. The summed E-state index contributed by atoms with van der Waals surface area (Å²) in [5, 5.41) is 5.70. The molecule has 0 spiro atoms. The molecule has 2 rings (SSSR count). The normalized spacial score (nSPS) is 9.62. The molecule has 5 nitrogen and oxygen atoms in total. The molecule has 0 fully saturated rings. The minimum Gasteiger partial charge on any atom is -0.397 e. The first kappa shape index (κ1) is 14.7. The first-order valence-corrected chi connectivity index (χ1v) is 6.41. The number of nitrogens with two attached hydrogens (primary N) is 2. The Morgan fingerprint density at radius 3 is 2.71 bits per heavy atom. The van der Waals surface area contributed by atoms with Gasteiger partial charge in [0.25, 0.3) is 0 Å². The van der Waals surface area contributed by atoms with Crippen molar-refractivity contribution < 1.29 is 0 Å². The zero-order valence-electron chi connectivity index (χ0n) is 11.5. The molecule has 106 valence electrons. The number of anilines is 3. The van der Waals surface area contributed by atoms with E-state index in [0.29, 0.717) is 33.2 Å². The first-order valence-electron chi connectivity index (χ1n) is 6.04. The maximum atomic E-state index is 6.24. The van der Waals surface area contributed by atoms with Gasteiger partial charge in [-0.1, -0.05) is 23.4 Å². The van der Waals surface area contributed by atoms with Crippen LogP contribution >= 0.6 is 11.6 Å². The fraction of sp³-hybridized carbons (Fsp3) is 0.0667. The lowest BCUT2D eigenvalue weighted by Crippen LogP contribution is -2.10. The van der Waals surface area contributed by atoms with Crippen LogP contribution in [0.2, 0.25) is 5.02 Å². The van der Waals surface area contributed by atoms with Gasteiger partial charge < -0.3 is 11.5 Å². The van der Waals surface area contributed by atoms with Crippen molar-refractivity contribution in [3.05, 3.63) is 46.7 Å². The number of hydrazone groups is 1. The van der Waals surface area contributed by atoms with E-state index in [4.69, 9.17) is 23.1 Å². The van der Waals surface area contributed by atoms with Crippen LogP contribution in [0.25, 0.3) is 0 Å². The number of nitrogen functional groups attached to an aromatic ring is 2. The largest absolute Gasteiger partial charge is 0.397 e. The monoisotopic (exact) mass is 299 g/mol. The van der Waals surface area contributed by atoms with Crippen LogP contribution in [-0.2, 0) is 0 Å². The molecule has 0 amide bonds. The van der Waals surface area contributed by atoms with E-state index in [1.54, 1.807) is 42.6 Å². The summed E-state index contributed by atoms with van der Waals surface area (Å²) < 4.78 is 0. The number of aromatic nitrogens is 1. The number of pyridine rings is 1. The maximum absolute atomic E-state index is 6.24. The van der Waals surface area contributed by atoms with E-state index < -0.39 is 0 Å². The summed E-state index contributed by atoms with van der Waals surface area (Å²) in [4.78, 5) is 3.97. The van der Waals surface area contributed by atoms with Gasteiger partial charge in [-0.05, 0) is 18.2 Å². The molecule has 0 aliphatic heterocycles. The Morgan fingerprint density at radius 2 is 2.05 bits per heavy atom. The van der Waals surface area contributed by atoms with Crippen molar-refractivity contribution >= 4 is 35.4 Å². The molecule has 0 unspecified atom stereocenters. The predicted molar refractivity (Wildman–Crippen MR) is 88.4 cm³/mol. The number of hydrogen-bond acceptors (Lipinski definition) is 5. The van der Waals surface area contributed by atoms with E-state index in [1.807, 2.05) is 0 Å². The second-order valence-electron chi connectivity index (χ2n) is 4.28. The molecule has 0 atom stereocenters. The Bertz CT molecular complexity index is 745. The molecule has 0 radical (unpaired) electrons. The summed E-state index contributed by atoms with van der Waals surface area (Å²) in [6.07, 6.45) is 3.19. The quantitative estimate of drug-likeness (QED) is 0.386. The van der Waals surface area contributed by atoms with Crippen LogP contribution in [0.4, 0.5) is 17.1 Å². The minimum absolute atomic E-state index is 0.382. The third-order valence-corrected chi connectivity index (χ3v) is 3.23. The van der Waals surface area contributed by atoms with E-state index in [2.05, 4.69) is 28.6 Å². The summed E-state index contributed by atoms with van der Waals surface area (Å²) in [5.74, 6) is 5.91. The maximum Gasteiger partial charge on any atom is 0.0835 e. The van der Waals surface area contributed by atoms with E-state index >= 15 is 0 Å². The molecule has 0 saturated heterocycles. The van der Waals surface area contributed by atoms with Crippen molar-refractivity contribution in [2.24, 2.45) is 5.10 Å². The lowest BCUT2D eigenvalue weighted by Gasteiger charge is -2.15. The molecular formula is C15H14ClN5. The standard InChI is InChI=1S/C15H14ClN5/c1-19-21(2)13-6-5-11(14(16)15(13)18)4-3-10-7-12(17)9-20-8-10/h5-9H,1,17-18H2,2H3. The van der Waals surface area contributed by atoms with Crippen LogP contribution in [-0.4, -0.2) is 18.7 Å². The highest BCUT2D eigenvalue weighted by Gasteiger charge is 2.10. The number of hydrogen-bond donors (Lipinski definition) is 2. The van der Waals surface area contributed by atoms with Crippen molar-refractivity contribution in [2.75, 3.05) is 23.5 Å². The third kappa shape index (κ3) is 3.25.